The van der Waals surface area contributed by atoms with Crippen molar-refractivity contribution in [1.29, 1.82) is 10.5 Å². The third kappa shape index (κ3) is 6.31. The van der Waals surface area contributed by atoms with Gasteiger partial charge in [-0.2, -0.15) is 20.2 Å². The summed E-state index contributed by atoms with van der Waals surface area (Å²) in [5, 5.41) is 27.8. The van der Waals surface area contributed by atoms with E-state index < -0.39 is 0 Å². The van der Waals surface area contributed by atoms with Gasteiger partial charge in [0.25, 0.3) is 0 Å². The molecule has 0 unspecified atom stereocenters. The smallest absolute Gasteiger partial charge is 0.492 e. The van der Waals surface area contributed by atoms with Crippen molar-refractivity contribution in [3.63, 3.8) is 0 Å². The summed E-state index contributed by atoms with van der Waals surface area (Å²) in [5.41, 5.74) is -0.575. The zero-order chi connectivity index (χ0) is 21.2. The van der Waals surface area contributed by atoms with Crippen molar-refractivity contribution in [1.82, 2.24) is 0 Å². The zero-order valence-electron chi connectivity index (χ0n) is 15.9. The van der Waals surface area contributed by atoms with Gasteiger partial charge in [-0.3, -0.25) is 0 Å². The lowest BCUT2D eigenvalue weighted by molar-refractivity contribution is -0.0164. The second kappa shape index (κ2) is 10.6. The van der Waals surface area contributed by atoms with Crippen LogP contribution in [0.4, 0.5) is 0 Å². The van der Waals surface area contributed by atoms with Crippen LogP contribution in [0.1, 0.15) is 20.8 Å². The monoisotopic (exact) mass is 380 g/mol. The van der Waals surface area contributed by atoms with E-state index in [0.717, 1.165) is 0 Å². The Kier molecular flexibility index (Phi) is 8.47. The van der Waals surface area contributed by atoms with Gasteiger partial charge < -0.3 is 19.3 Å². The van der Waals surface area contributed by atoms with E-state index in [1.807, 2.05) is 20.8 Å². The van der Waals surface area contributed by atoms with E-state index in [0.29, 0.717) is 0 Å². The van der Waals surface area contributed by atoms with Crippen LogP contribution in [0.5, 0.6) is 11.5 Å². The summed E-state index contributed by atoms with van der Waals surface area (Å²) in [6.07, 6.45) is 0. The predicted octanol–water partition coefficient (Wildman–Crippen LogP) is 1.35. The predicted molar refractivity (Wildman–Crippen MR) is 101 cm³/mol. The van der Waals surface area contributed by atoms with Crippen molar-refractivity contribution in [3.05, 3.63) is 45.4 Å². The quantitative estimate of drug-likeness (QED) is 0.566. The van der Waals surface area contributed by atoms with Crippen LogP contribution in [0, 0.1) is 35.8 Å². The minimum absolute atomic E-state index is 0.0818. The first kappa shape index (κ1) is 22.5. The fraction of sp³-hybridized carbons (Fsp3) is 0.400. The molecule has 0 aromatic heterocycles. The van der Waals surface area contributed by atoms with Crippen molar-refractivity contribution in [2.75, 3.05) is 26.4 Å². The average molecular weight is 380 g/mol. The maximum Gasteiger partial charge on any atom is 0.530 e. The van der Waals surface area contributed by atoms with Crippen LogP contribution in [0.25, 0.3) is 21.1 Å². The lowest BCUT2D eigenvalue weighted by atomic mass is 10.1. The molecule has 0 fully saturated rings. The van der Waals surface area contributed by atoms with Gasteiger partial charge in [-0.15, -0.1) is 0 Å². The molecule has 0 bridgehead atoms. The topological polar surface area (TPSA) is 104 Å². The first-order chi connectivity index (χ1) is 13.3. The molecule has 0 atom stereocenters. The number of hydrogen-bond acceptors (Lipinski definition) is 6. The molecule has 0 saturated heterocycles. The number of rotatable bonds is 7. The van der Waals surface area contributed by atoms with Gasteiger partial charge in [0.15, 0.2) is 0 Å². The summed E-state index contributed by atoms with van der Waals surface area (Å²) in [7, 11) is 0. The van der Waals surface area contributed by atoms with Gasteiger partial charge >= 0.3 is 5.82 Å². The molecule has 0 spiro atoms. The molecule has 1 aromatic rings. The Labute approximate surface area is 163 Å². The molecule has 144 valence electrons. The van der Waals surface area contributed by atoms with Crippen LogP contribution in [0.15, 0.2) is 12.1 Å². The van der Waals surface area contributed by atoms with Crippen molar-refractivity contribution >= 4 is 11.4 Å². The summed E-state index contributed by atoms with van der Waals surface area (Å²) in [5.74, 6) is 0.0155. The van der Waals surface area contributed by atoms with Crippen molar-refractivity contribution in [2.24, 2.45) is 0 Å². The number of hydrogen-bond donors (Lipinski definition) is 1. The third-order valence-corrected chi connectivity index (χ3v) is 3.25. The highest BCUT2D eigenvalue weighted by Gasteiger charge is 2.16. The van der Waals surface area contributed by atoms with Crippen LogP contribution < -0.4 is 19.9 Å². The van der Waals surface area contributed by atoms with Gasteiger partial charge in [-0.05, 0) is 32.9 Å². The Morgan fingerprint density at radius 3 is 2.04 bits per heavy atom. The minimum Gasteiger partial charge on any atom is -0.492 e. The second-order valence-corrected chi connectivity index (χ2v) is 6.37. The maximum absolute atomic E-state index is 9.22. The van der Waals surface area contributed by atoms with Gasteiger partial charge in [0.05, 0.1) is 18.8 Å². The Bertz CT molecular complexity index is 964. The molecule has 0 saturated carbocycles. The molecule has 1 rings (SSSR count). The SMILES string of the molecule is [C-]#[N+]C([N+]#[C-])=c1cc(OCCO)c(=C(C#N)C#N)cc1OCCOC(C)(C)C. The molecule has 0 amide bonds. The van der Waals surface area contributed by atoms with Gasteiger partial charge in [0.1, 0.15) is 60.8 Å². The van der Waals surface area contributed by atoms with Gasteiger partial charge in [0, 0.05) is 5.22 Å². The molecule has 0 aliphatic heterocycles. The zero-order valence-corrected chi connectivity index (χ0v) is 15.9. The normalized spacial score (nSPS) is 10.0. The van der Waals surface area contributed by atoms with Gasteiger partial charge in [-0.1, -0.05) is 0 Å². The minimum atomic E-state index is -0.355. The first-order valence-corrected chi connectivity index (χ1v) is 8.29. The van der Waals surface area contributed by atoms with Crippen LogP contribution in [0.3, 0.4) is 0 Å². The molecule has 8 heteroatoms. The van der Waals surface area contributed by atoms with Crippen molar-refractivity contribution in [3.8, 4) is 23.6 Å². The molecule has 1 N–H and O–H groups in total. The molecular weight excluding hydrogens is 360 g/mol. The van der Waals surface area contributed by atoms with Crippen LogP contribution >= 0.6 is 0 Å². The number of ether oxygens (including phenoxy) is 3. The van der Waals surface area contributed by atoms with E-state index in [2.05, 4.69) is 9.69 Å². The number of aliphatic hydroxyl groups is 1. The number of nitrogens with zero attached hydrogens (tertiary/aromatic N) is 4. The summed E-state index contributed by atoms with van der Waals surface area (Å²) in [6.45, 7) is 20.2. The van der Waals surface area contributed by atoms with Crippen molar-refractivity contribution in [2.45, 2.75) is 26.4 Å². The van der Waals surface area contributed by atoms with E-state index in [9.17, 15) is 10.5 Å². The molecule has 0 aliphatic carbocycles. The highest BCUT2D eigenvalue weighted by atomic mass is 16.5. The molecule has 0 radical (unpaired) electrons. The Morgan fingerprint density at radius 1 is 1.00 bits per heavy atom. The maximum atomic E-state index is 9.22. The first-order valence-electron chi connectivity index (χ1n) is 8.29. The van der Waals surface area contributed by atoms with Gasteiger partial charge in [-0.25, -0.2) is 0 Å². The molecule has 0 heterocycles. The van der Waals surface area contributed by atoms with Crippen molar-refractivity contribution < 1.29 is 19.3 Å². The summed E-state index contributed by atoms with van der Waals surface area (Å²) >= 11 is 0. The third-order valence-electron chi connectivity index (χ3n) is 3.25. The summed E-state index contributed by atoms with van der Waals surface area (Å²) < 4.78 is 16.7. The average Bonchev–Trinajstić information content (AvgIpc) is 2.66. The Hall–Kier alpha value is -3.56. The lowest BCUT2D eigenvalue weighted by Crippen LogP contribution is -2.25. The standard InChI is InChI=1S/C20H20N4O4/c1-20(2,3)28-9-8-27-18-10-15(14(12-21)13-22)17(26-7-6-25)11-16(18)19(23-4)24-5/h10-11,25H,6-9H2,1-3H3. The van der Waals surface area contributed by atoms with E-state index in [1.54, 1.807) is 12.1 Å². The highest BCUT2D eigenvalue weighted by Crippen LogP contribution is 2.13. The largest absolute Gasteiger partial charge is 0.530 e. The molecule has 0 aliphatic rings. The molecule has 8 nitrogen and oxygen atoms in total. The summed E-state index contributed by atoms with van der Waals surface area (Å²) in [4.78, 5) is 6.40. The highest BCUT2D eigenvalue weighted by molar-refractivity contribution is 5.75. The van der Waals surface area contributed by atoms with Crippen LogP contribution in [-0.4, -0.2) is 37.1 Å². The fourth-order valence-corrected chi connectivity index (χ4v) is 2.11. The van der Waals surface area contributed by atoms with Gasteiger partial charge in [0.2, 0.25) is 0 Å². The second-order valence-electron chi connectivity index (χ2n) is 6.37. The Morgan fingerprint density at radius 2 is 1.54 bits per heavy atom. The molecular formula is C20H20N4O4. The molecule has 28 heavy (non-hydrogen) atoms. The van der Waals surface area contributed by atoms with E-state index >= 15 is 0 Å². The summed E-state index contributed by atoms with van der Waals surface area (Å²) in [6, 6.07) is 6.31. The fourth-order valence-electron chi connectivity index (χ4n) is 2.11. The van der Waals surface area contributed by atoms with E-state index in [1.165, 1.54) is 12.1 Å². The lowest BCUT2D eigenvalue weighted by Gasteiger charge is -2.19. The number of aliphatic hydroxyl groups excluding tert-OH is 1. The van der Waals surface area contributed by atoms with Crippen LogP contribution in [0.2, 0.25) is 0 Å². The Balaban J connectivity index is 3.59. The number of benzene rings is 1. The van der Waals surface area contributed by atoms with E-state index in [4.69, 9.17) is 32.5 Å². The molecule has 1 aromatic carbocycles. The van der Waals surface area contributed by atoms with Crippen LogP contribution in [-0.2, 0) is 4.74 Å². The number of nitriles is 2. The van der Waals surface area contributed by atoms with E-state index in [-0.39, 0.29) is 65.4 Å².